The van der Waals surface area contributed by atoms with Crippen LogP contribution in [-0.4, -0.2) is 49.1 Å². The van der Waals surface area contributed by atoms with Gasteiger partial charge in [0.25, 0.3) is 0 Å². The second-order valence-electron chi connectivity index (χ2n) is 4.50. The molecule has 1 saturated heterocycles. The van der Waals surface area contributed by atoms with E-state index in [1.165, 1.54) is 20.8 Å². The van der Waals surface area contributed by atoms with Crippen LogP contribution >= 0.6 is 0 Å². The van der Waals surface area contributed by atoms with E-state index < -0.39 is 42.5 Å². The largest absolute Gasteiger partial charge is 0.463 e. The van der Waals surface area contributed by atoms with Crippen LogP contribution in [0.3, 0.4) is 0 Å². The summed E-state index contributed by atoms with van der Waals surface area (Å²) in [7, 11) is 0. The summed E-state index contributed by atoms with van der Waals surface area (Å²) in [5.41, 5.74) is 0. The van der Waals surface area contributed by atoms with Crippen molar-refractivity contribution in [1.82, 2.24) is 0 Å². The lowest BCUT2D eigenvalue weighted by Crippen LogP contribution is -2.54. The lowest BCUT2D eigenvalue weighted by atomic mass is 10.0. The van der Waals surface area contributed by atoms with Crippen molar-refractivity contribution in [2.24, 2.45) is 5.90 Å². The van der Waals surface area contributed by atoms with Crippen LogP contribution in [-0.2, 0) is 38.2 Å². The molecule has 0 aromatic carbocycles. The Morgan fingerprint density at radius 1 is 1.10 bits per heavy atom. The Morgan fingerprint density at radius 3 is 2.19 bits per heavy atom. The summed E-state index contributed by atoms with van der Waals surface area (Å²) in [6.07, 6.45) is -3.37. The van der Waals surface area contributed by atoms with Gasteiger partial charge >= 0.3 is 17.9 Å². The van der Waals surface area contributed by atoms with E-state index in [0.29, 0.717) is 0 Å². The summed E-state index contributed by atoms with van der Waals surface area (Å²) >= 11 is 0. The van der Waals surface area contributed by atoms with Crippen molar-refractivity contribution in [2.75, 3.05) is 6.61 Å². The molecule has 2 N–H and O–H groups in total. The number of esters is 3. The predicted octanol–water partition coefficient (Wildman–Crippen LogP) is -0.582. The van der Waals surface area contributed by atoms with Crippen LogP contribution < -0.4 is 5.90 Å². The third kappa shape index (κ3) is 5.66. The van der Waals surface area contributed by atoms with Crippen LogP contribution in [0, 0.1) is 0 Å². The van der Waals surface area contributed by atoms with Gasteiger partial charge in [0.15, 0.2) is 12.4 Å². The zero-order chi connectivity index (χ0) is 16.0. The van der Waals surface area contributed by atoms with Gasteiger partial charge in [-0.3, -0.25) is 19.2 Å². The number of carbonyl (C=O) groups excluding carboxylic acids is 3. The van der Waals surface area contributed by atoms with Crippen molar-refractivity contribution in [1.29, 1.82) is 0 Å². The zero-order valence-electron chi connectivity index (χ0n) is 12.1. The van der Waals surface area contributed by atoms with Gasteiger partial charge in [-0.2, -0.15) is 0 Å². The van der Waals surface area contributed by atoms with E-state index in [9.17, 15) is 14.4 Å². The molecule has 1 rings (SSSR count). The third-order valence-electron chi connectivity index (χ3n) is 2.71. The van der Waals surface area contributed by atoms with E-state index in [2.05, 4.69) is 4.84 Å². The van der Waals surface area contributed by atoms with Crippen LogP contribution in [0.25, 0.3) is 0 Å². The van der Waals surface area contributed by atoms with E-state index in [1.54, 1.807) is 0 Å². The summed E-state index contributed by atoms with van der Waals surface area (Å²) < 4.78 is 20.5. The van der Waals surface area contributed by atoms with E-state index in [-0.39, 0.29) is 13.0 Å². The van der Waals surface area contributed by atoms with E-state index in [1.807, 2.05) is 0 Å². The molecule has 0 bridgehead atoms. The van der Waals surface area contributed by atoms with Crippen molar-refractivity contribution >= 4 is 17.9 Å². The summed E-state index contributed by atoms with van der Waals surface area (Å²) in [6.45, 7) is 3.47. The van der Waals surface area contributed by atoms with Crippen molar-refractivity contribution in [3.05, 3.63) is 0 Å². The van der Waals surface area contributed by atoms with Crippen LogP contribution in [0.5, 0.6) is 0 Å². The first-order valence-corrected chi connectivity index (χ1v) is 6.32. The minimum atomic E-state index is -0.919. The molecule has 4 atom stereocenters. The monoisotopic (exact) mass is 305 g/mol. The Bertz CT molecular complexity index is 399. The fourth-order valence-corrected chi connectivity index (χ4v) is 1.98. The maximum absolute atomic E-state index is 11.2. The van der Waals surface area contributed by atoms with Gasteiger partial charge in [0.1, 0.15) is 18.8 Å². The Labute approximate surface area is 121 Å². The summed E-state index contributed by atoms with van der Waals surface area (Å²) in [4.78, 5) is 37.8. The minimum absolute atomic E-state index is 0.0879. The number of hydrogen-bond acceptors (Lipinski definition) is 9. The highest BCUT2D eigenvalue weighted by atomic mass is 16.8. The third-order valence-corrected chi connectivity index (χ3v) is 2.71. The summed E-state index contributed by atoms with van der Waals surface area (Å²) in [6, 6.07) is 0. The first-order valence-electron chi connectivity index (χ1n) is 6.32. The number of hydrogen-bond donors (Lipinski definition) is 1. The van der Waals surface area contributed by atoms with Gasteiger partial charge in [0.2, 0.25) is 0 Å². The molecule has 1 aliphatic rings. The number of carbonyl (C=O) groups is 3. The highest BCUT2D eigenvalue weighted by molar-refractivity contribution is 5.67. The molecule has 0 spiro atoms. The fraction of sp³-hybridized carbons (Fsp3) is 0.750. The molecule has 0 aromatic rings. The first-order chi connectivity index (χ1) is 9.83. The normalized spacial score (nSPS) is 28.6. The maximum Gasteiger partial charge on any atom is 0.303 e. The quantitative estimate of drug-likeness (QED) is 0.403. The van der Waals surface area contributed by atoms with E-state index in [4.69, 9.17) is 24.8 Å². The van der Waals surface area contributed by atoms with Crippen molar-refractivity contribution in [3.63, 3.8) is 0 Å². The second kappa shape index (κ2) is 7.91. The van der Waals surface area contributed by atoms with Gasteiger partial charge in [0, 0.05) is 27.2 Å². The van der Waals surface area contributed by atoms with E-state index in [0.717, 1.165) is 0 Å². The first kappa shape index (κ1) is 17.3. The van der Waals surface area contributed by atoms with Crippen LogP contribution in [0.1, 0.15) is 27.2 Å². The Kier molecular flexibility index (Phi) is 6.53. The van der Waals surface area contributed by atoms with Gasteiger partial charge in [-0.15, -0.1) is 0 Å². The highest BCUT2D eigenvalue weighted by Gasteiger charge is 2.44. The summed E-state index contributed by atoms with van der Waals surface area (Å²) in [5, 5.41) is 0. The lowest BCUT2D eigenvalue weighted by molar-refractivity contribution is -0.267. The van der Waals surface area contributed by atoms with Crippen molar-refractivity contribution < 1.29 is 38.2 Å². The molecule has 0 aliphatic carbocycles. The van der Waals surface area contributed by atoms with Gasteiger partial charge in [0.05, 0.1) is 0 Å². The smallest absolute Gasteiger partial charge is 0.303 e. The number of rotatable bonds is 5. The molecule has 4 unspecified atom stereocenters. The molecule has 1 fully saturated rings. The lowest BCUT2D eigenvalue weighted by Gasteiger charge is -2.39. The maximum atomic E-state index is 11.2. The molecule has 1 aliphatic heterocycles. The average Bonchev–Trinajstić information content (AvgIpc) is 2.37. The summed E-state index contributed by atoms with van der Waals surface area (Å²) in [5.74, 6) is 3.42. The molecule has 0 saturated carbocycles. The van der Waals surface area contributed by atoms with Crippen molar-refractivity contribution in [3.8, 4) is 0 Å². The number of ether oxygens (including phenoxy) is 4. The molecule has 120 valence electrons. The SMILES string of the molecule is CC(=O)OCC1OC(ON)CC(OC(C)=O)C1OC(C)=O. The molecular weight excluding hydrogens is 286 g/mol. The molecule has 9 heteroatoms. The van der Waals surface area contributed by atoms with Crippen molar-refractivity contribution in [2.45, 2.75) is 51.8 Å². The molecule has 0 radical (unpaired) electrons. The highest BCUT2D eigenvalue weighted by Crippen LogP contribution is 2.26. The van der Waals surface area contributed by atoms with Gasteiger partial charge in [-0.1, -0.05) is 0 Å². The van der Waals surface area contributed by atoms with Crippen LogP contribution in [0.15, 0.2) is 0 Å². The zero-order valence-corrected chi connectivity index (χ0v) is 12.1. The molecular formula is C12H19NO8. The fourth-order valence-electron chi connectivity index (χ4n) is 1.98. The molecule has 1 heterocycles. The van der Waals surface area contributed by atoms with Crippen LogP contribution in [0.4, 0.5) is 0 Å². The molecule has 9 nitrogen and oxygen atoms in total. The van der Waals surface area contributed by atoms with Gasteiger partial charge in [-0.05, 0) is 0 Å². The van der Waals surface area contributed by atoms with Gasteiger partial charge < -0.3 is 18.9 Å². The van der Waals surface area contributed by atoms with E-state index >= 15 is 0 Å². The Balaban J connectivity index is 2.87. The topological polar surface area (TPSA) is 123 Å². The molecule has 21 heavy (non-hydrogen) atoms. The predicted molar refractivity (Wildman–Crippen MR) is 66.3 cm³/mol. The second-order valence-corrected chi connectivity index (χ2v) is 4.50. The van der Waals surface area contributed by atoms with Crippen LogP contribution in [0.2, 0.25) is 0 Å². The average molecular weight is 305 g/mol. The standard InChI is InChI=1S/C12H19NO8/c1-6(14)17-5-10-12(19-8(3)16)9(18-7(2)15)4-11(20-10)21-13/h9-12H,4-5,13H2,1-3H3. The molecule has 0 amide bonds. The Hall–Kier alpha value is -1.71. The van der Waals surface area contributed by atoms with Gasteiger partial charge in [-0.25, -0.2) is 5.90 Å². The number of nitrogens with two attached hydrogens (primary N) is 1. The molecule has 0 aromatic heterocycles. The Morgan fingerprint density at radius 2 is 1.71 bits per heavy atom. The minimum Gasteiger partial charge on any atom is -0.463 e.